The predicted molar refractivity (Wildman–Crippen MR) is 93.1 cm³/mol. The molecule has 10 heteroatoms. The van der Waals surface area contributed by atoms with Gasteiger partial charge < -0.3 is 9.88 Å². The van der Waals surface area contributed by atoms with E-state index < -0.39 is 41.4 Å². The van der Waals surface area contributed by atoms with E-state index in [1.807, 2.05) is 0 Å². The van der Waals surface area contributed by atoms with Gasteiger partial charge in [0.15, 0.2) is 22.8 Å². The van der Waals surface area contributed by atoms with Crippen molar-refractivity contribution in [3.8, 4) is 0 Å². The van der Waals surface area contributed by atoms with E-state index in [4.69, 9.17) is 0 Å². The fourth-order valence-electron chi connectivity index (χ4n) is 2.83. The van der Waals surface area contributed by atoms with Crippen LogP contribution in [0.15, 0.2) is 34.1 Å². The molecule has 8 nitrogen and oxygen atoms in total. The van der Waals surface area contributed by atoms with Crippen LogP contribution in [0.25, 0.3) is 11.2 Å². The number of aryl methyl sites for hydroxylation is 2. The summed E-state index contributed by atoms with van der Waals surface area (Å²) in [5.74, 6) is -2.63. The van der Waals surface area contributed by atoms with Gasteiger partial charge in [0.1, 0.15) is 6.54 Å². The van der Waals surface area contributed by atoms with Crippen molar-refractivity contribution in [1.29, 1.82) is 0 Å². The van der Waals surface area contributed by atoms with Crippen LogP contribution in [0.2, 0.25) is 0 Å². The fraction of sp³-hybridized carbons (Fsp3) is 0.294. The molecule has 0 radical (unpaired) electrons. The van der Waals surface area contributed by atoms with Gasteiger partial charge in [0.05, 0.1) is 12.4 Å². The van der Waals surface area contributed by atoms with Crippen molar-refractivity contribution in [3.63, 3.8) is 0 Å². The lowest BCUT2D eigenvalue weighted by Crippen LogP contribution is -2.43. The summed E-state index contributed by atoms with van der Waals surface area (Å²) in [6, 6.07) is 2.64. The van der Waals surface area contributed by atoms with Crippen LogP contribution in [0.4, 0.5) is 8.78 Å². The molecule has 0 saturated heterocycles. The van der Waals surface area contributed by atoms with E-state index >= 15 is 0 Å². The number of nitrogens with one attached hydrogen (secondary N) is 1. The van der Waals surface area contributed by atoms with Crippen LogP contribution in [-0.2, 0) is 25.4 Å². The number of nitrogens with zero attached hydrogens (tertiary/aromatic N) is 4. The first-order chi connectivity index (χ1) is 12.7. The molecule has 1 unspecified atom stereocenters. The summed E-state index contributed by atoms with van der Waals surface area (Å²) in [7, 11) is 3.06. The number of imidazole rings is 1. The number of aromatic nitrogens is 4. The molecule has 1 atom stereocenters. The van der Waals surface area contributed by atoms with Crippen LogP contribution in [0.5, 0.6) is 0 Å². The van der Waals surface area contributed by atoms with Crippen LogP contribution in [0, 0.1) is 11.6 Å². The number of fused-ring (bicyclic) bond motifs is 1. The molecule has 2 aromatic heterocycles. The lowest BCUT2D eigenvalue weighted by Gasteiger charge is -2.15. The summed E-state index contributed by atoms with van der Waals surface area (Å²) in [4.78, 5) is 41.3. The Morgan fingerprint density at radius 3 is 2.59 bits per heavy atom. The number of hydrogen-bond donors (Lipinski definition) is 1. The molecule has 2 heterocycles. The molecule has 142 valence electrons. The Kier molecular flexibility index (Phi) is 4.64. The van der Waals surface area contributed by atoms with E-state index in [1.165, 1.54) is 28.6 Å². The minimum Gasteiger partial charge on any atom is -0.348 e. The quantitative estimate of drug-likeness (QED) is 0.721. The highest BCUT2D eigenvalue weighted by Crippen LogP contribution is 2.15. The Balaban J connectivity index is 1.88. The molecular weight excluding hydrogens is 360 g/mol. The summed E-state index contributed by atoms with van der Waals surface area (Å²) in [6.07, 6.45) is 1.40. The van der Waals surface area contributed by atoms with E-state index in [9.17, 15) is 23.2 Å². The summed E-state index contributed by atoms with van der Waals surface area (Å²) in [5, 5.41) is 2.56. The molecule has 27 heavy (non-hydrogen) atoms. The molecule has 0 saturated carbocycles. The molecule has 0 fully saturated rings. The molecule has 1 aromatic carbocycles. The first kappa shape index (κ1) is 18.5. The van der Waals surface area contributed by atoms with Gasteiger partial charge in [-0.3, -0.25) is 14.2 Å². The van der Waals surface area contributed by atoms with Gasteiger partial charge in [-0.05, 0) is 24.6 Å². The topological polar surface area (TPSA) is 90.9 Å². The van der Waals surface area contributed by atoms with Gasteiger partial charge in [-0.2, -0.15) is 0 Å². The lowest BCUT2D eigenvalue weighted by molar-refractivity contribution is -0.122. The third-order valence-electron chi connectivity index (χ3n) is 4.32. The third kappa shape index (κ3) is 3.25. The van der Waals surface area contributed by atoms with Crippen molar-refractivity contribution < 1.29 is 13.6 Å². The van der Waals surface area contributed by atoms with Crippen LogP contribution < -0.4 is 16.6 Å². The molecule has 1 N–H and O–H groups in total. The van der Waals surface area contributed by atoms with Crippen molar-refractivity contribution in [3.05, 3.63) is 62.6 Å². The van der Waals surface area contributed by atoms with E-state index in [1.54, 1.807) is 14.0 Å². The van der Waals surface area contributed by atoms with Crippen LogP contribution in [0.1, 0.15) is 18.5 Å². The van der Waals surface area contributed by atoms with Gasteiger partial charge in [-0.15, -0.1) is 0 Å². The smallest absolute Gasteiger partial charge is 0.332 e. The maximum atomic E-state index is 13.3. The molecule has 0 aliphatic carbocycles. The monoisotopic (exact) mass is 377 g/mol. The average Bonchev–Trinajstić information content (AvgIpc) is 3.01. The highest BCUT2D eigenvalue weighted by molar-refractivity contribution is 5.77. The van der Waals surface area contributed by atoms with Gasteiger partial charge in [-0.25, -0.2) is 23.1 Å². The molecule has 3 rings (SSSR count). The second kappa shape index (κ2) is 6.78. The van der Waals surface area contributed by atoms with E-state index in [-0.39, 0.29) is 11.2 Å². The number of benzene rings is 1. The Labute approximate surface area is 151 Å². The Bertz CT molecular complexity index is 1160. The van der Waals surface area contributed by atoms with Crippen molar-refractivity contribution >= 4 is 17.1 Å². The number of hydrogen-bond acceptors (Lipinski definition) is 4. The largest absolute Gasteiger partial charge is 0.348 e. The maximum absolute atomic E-state index is 13.3. The van der Waals surface area contributed by atoms with Gasteiger partial charge in [0.25, 0.3) is 5.56 Å². The molecule has 0 aliphatic rings. The molecular formula is C17H17F2N5O3. The zero-order chi connectivity index (χ0) is 19.9. The van der Waals surface area contributed by atoms with Gasteiger partial charge in [-0.1, -0.05) is 6.07 Å². The van der Waals surface area contributed by atoms with Crippen LogP contribution in [-0.4, -0.2) is 24.6 Å². The lowest BCUT2D eigenvalue weighted by atomic mass is 10.1. The average molecular weight is 377 g/mol. The second-order valence-electron chi connectivity index (χ2n) is 6.22. The third-order valence-corrected chi connectivity index (χ3v) is 4.32. The molecule has 1 amide bonds. The van der Waals surface area contributed by atoms with E-state index in [2.05, 4.69) is 10.3 Å². The molecule has 0 aliphatic heterocycles. The molecule has 3 aromatic rings. The highest BCUT2D eigenvalue weighted by Gasteiger charge is 2.18. The Hall–Kier alpha value is -3.30. The van der Waals surface area contributed by atoms with Gasteiger partial charge >= 0.3 is 5.69 Å². The van der Waals surface area contributed by atoms with Crippen molar-refractivity contribution in [2.75, 3.05) is 0 Å². The summed E-state index contributed by atoms with van der Waals surface area (Å²) in [5.41, 5.74) is -0.548. The molecule has 0 bridgehead atoms. The summed E-state index contributed by atoms with van der Waals surface area (Å²) < 4.78 is 29.8. The summed E-state index contributed by atoms with van der Waals surface area (Å²) in [6.45, 7) is 1.07. The number of amides is 1. The van der Waals surface area contributed by atoms with Crippen LogP contribution in [0.3, 0.4) is 0 Å². The van der Waals surface area contributed by atoms with E-state index in [0.717, 1.165) is 16.7 Å². The van der Waals surface area contributed by atoms with Crippen LogP contribution >= 0.6 is 0 Å². The SMILES string of the molecule is CC(NC(=O)Cn1c(=O)c2c(ncn2C)n(C)c1=O)c1ccc(F)c(F)c1. The summed E-state index contributed by atoms with van der Waals surface area (Å²) >= 11 is 0. The minimum absolute atomic E-state index is 0.193. The number of rotatable bonds is 4. The zero-order valence-corrected chi connectivity index (χ0v) is 14.9. The standard InChI is InChI=1S/C17H17F2N5O3/c1-9(10-4-5-11(18)12(19)6-10)21-13(25)7-24-16(26)14-15(20-8-22(14)2)23(3)17(24)27/h4-6,8-9H,7H2,1-3H3,(H,21,25). The normalized spacial score (nSPS) is 12.3. The first-order valence-corrected chi connectivity index (χ1v) is 8.06. The van der Waals surface area contributed by atoms with Crippen molar-refractivity contribution in [2.24, 2.45) is 14.1 Å². The molecule has 0 spiro atoms. The highest BCUT2D eigenvalue weighted by atomic mass is 19.2. The second-order valence-corrected chi connectivity index (χ2v) is 6.22. The minimum atomic E-state index is -1.03. The fourth-order valence-corrected chi connectivity index (χ4v) is 2.83. The Morgan fingerprint density at radius 2 is 1.93 bits per heavy atom. The number of carbonyl (C=O) groups is 1. The first-order valence-electron chi connectivity index (χ1n) is 8.06. The number of carbonyl (C=O) groups excluding carboxylic acids is 1. The zero-order valence-electron chi connectivity index (χ0n) is 14.9. The van der Waals surface area contributed by atoms with Gasteiger partial charge in [0, 0.05) is 14.1 Å². The van der Waals surface area contributed by atoms with Crippen molar-refractivity contribution in [2.45, 2.75) is 19.5 Å². The maximum Gasteiger partial charge on any atom is 0.332 e. The van der Waals surface area contributed by atoms with E-state index in [0.29, 0.717) is 5.56 Å². The van der Waals surface area contributed by atoms with Gasteiger partial charge in [0.2, 0.25) is 5.91 Å². The van der Waals surface area contributed by atoms with Crippen molar-refractivity contribution in [1.82, 2.24) is 24.0 Å². The number of halogens is 2. The predicted octanol–water partition coefficient (Wildman–Crippen LogP) is 0.589. The Morgan fingerprint density at radius 1 is 1.22 bits per heavy atom.